The van der Waals surface area contributed by atoms with E-state index < -0.39 is 11.0 Å². The van der Waals surface area contributed by atoms with E-state index in [4.69, 9.17) is 4.74 Å². The van der Waals surface area contributed by atoms with Gasteiger partial charge in [-0.1, -0.05) is 6.07 Å². The fourth-order valence-corrected chi connectivity index (χ4v) is 2.04. The number of urea groups is 1. The second-order valence-electron chi connectivity index (χ2n) is 4.95. The number of anilines is 1. The Morgan fingerprint density at radius 2 is 2.17 bits per heavy atom. The van der Waals surface area contributed by atoms with Crippen molar-refractivity contribution in [1.29, 1.82) is 0 Å². The van der Waals surface area contributed by atoms with Crippen molar-refractivity contribution >= 4 is 17.4 Å². The molecule has 0 fully saturated rings. The molecule has 0 aliphatic carbocycles. The van der Waals surface area contributed by atoms with Crippen molar-refractivity contribution in [2.24, 2.45) is 0 Å². The number of benzene rings is 1. The first-order valence-corrected chi connectivity index (χ1v) is 7.38. The van der Waals surface area contributed by atoms with E-state index in [1.807, 2.05) is 19.1 Å². The number of nitro groups is 1. The van der Waals surface area contributed by atoms with Crippen LogP contribution in [0.3, 0.4) is 0 Å². The normalized spacial score (nSPS) is 10.1. The summed E-state index contributed by atoms with van der Waals surface area (Å²) in [6.07, 6.45) is 1.65. The summed E-state index contributed by atoms with van der Waals surface area (Å²) in [7, 11) is 0. The molecule has 1 heterocycles. The summed E-state index contributed by atoms with van der Waals surface area (Å²) in [6, 6.07) is 7.26. The summed E-state index contributed by atoms with van der Waals surface area (Å²) in [4.78, 5) is 26.6. The minimum absolute atomic E-state index is 0.130. The molecule has 2 rings (SSSR count). The quantitative estimate of drug-likeness (QED) is 0.625. The van der Waals surface area contributed by atoms with E-state index in [1.165, 1.54) is 18.2 Å². The Morgan fingerprint density at radius 3 is 2.83 bits per heavy atom. The van der Waals surface area contributed by atoms with Crippen LogP contribution in [0.5, 0.6) is 5.75 Å². The van der Waals surface area contributed by atoms with Crippen LogP contribution in [-0.4, -0.2) is 22.5 Å². The molecule has 0 saturated heterocycles. The van der Waals surface area contributed by atoms with Crippen molar-refractivity contribution < 1.29 is 14.5 Å². The van der Waals surface area contributed by atoms with E-state index in [0.717, 1.165) is 11.3 Å². The van der Waals surface area contributed by atoms with Crippen LogP contribution in [0.4, 0.5) is 16.2 Å². The van der Waals surface area contributed by atoms with E-state index in [1.54, 1.807) is 13.1 Å². The fourth-order valence-electron chi connectivity index (χ4n) is 2.04. The molecule has 0 radical (unpaired) electrons. The van der Waals surface area contributed by atoms with Gasteiger partial charge in [0.05, 0.1) is 29.5 Å². The Kier molecular flexibility index (Phi) is 5.67. The summed E-state index contributed by atoms with van der Waals surface area (Å²) < 4.78 is 5.38. The zero-order valence-electron chi connectivity index (χ0n) is 13.4. The van der Waals surface area contributed by atoms with Gasteiger partial charge in [0.25, 0.3) is 5.69 Å². The third kappa shape index (κ3) is 4.42. The predicted octanol–water partition coefficient (Wildman–Crippen LogP) is 3.02. The Hall–Kier alpha value is -3.16. The van der Waals surface area contributed by atoms with Crippen molar-refractivity contribution in [3.8, 4) is 5.75 Å². The third-order valence-corrected chi connectivity index (χ3v) is 3.26. The van der Waals surface area contributed by atoms with Crippen LogP contribution in [0.2, 0.25) is 0 Å². The highest BCUT2D eigenvalue weighted by atomic mass is 16.6. The van der Waals surface area contributed by atoms with Gasteiger partial charge < -0.3 is 15.4 Å². The van der Waals surface area contributed by atoms with Gasteiger partial charge in [-0.2, -0.15) is 0 Å². The van der Waals surface area contributed by atoms with E-state index in [0.29, 0.717) is 12.4 Å². The molecular weight excluding hydrogens is 312 g/mol. The van der Waals surface area contributed by atoms with Crippen LogP contribution in [0.1, 0.15) is 18.2 Å². The van der Waals surface area contributed by atoms with Gasteiger partial charge in [0.15, 0.2) is 0 Å². The number of hydrogen-bond acceptors (Lipinski definition) is 5. The number of pyridine rings is 1. The summed E-state index contributed by atoms with van der Waals surface area (Å²) in [5.74, 6) is 0.368. The summed E-state index contributed by atoms with van der Waals surface area (Å²) in [5, 5.41) is 16.1. The maximum Gasteiger partial charge on any atom is 0.319 e. The number of aryl methyl sites for hydroxylation is 1. The van der Waals surface area contributed by atoms with Crippen LogP contribution < -0.4 is 15.4 Å². The Morgan fingerprint density at radius 1 is 1.38 bits per heavy atom. The van der Waals surface area contributed by atoms with E-state index in [9.17, 15) is 14.9 Å². The molecular formula is C16H18N4O4. The highest BCUT2D eigenvalue weighted by Gasteiger charge is 2.14. The molecule has 0 atom stereocenters. The molecule has 8 heteroatoms. The van der Waals surface area contributed by atoms with Gasteiger partial charge in [0, 0.05) is 18.3 Å². The highest BCUT2D eigenvalue weighted by Crippen LogP contribution is 2.29. The van der Waals surface area contributed by atoms with Gasteiger partial charge in [-0.05, 0) is 31.5 Å². The van der Waals surface area contributed by atoms with Crippen LogP contribution in [0.15, 0.2) is 36.5 Å². The summed E-state index contributed by atoms with van der Waals surface area (Å²) >= 11 is 0. The topological polar surface area (TPSA) is 106 Å². The molecule has 0 unspecified atom stereocenters. The number of hydrogen-bond donors (Lipinski definition) is 2. The number of carbonyl (C=O) groups excluding carboxylic acids is 1. The van der Waals surface area contributed by atoms with Crippen molar-refractivity contribution in [3.05, 3.63) is 57.9 Å². The highest BCUT2D eigenvalue weighted by molar-refractivity contribution is 5.91. The number of nitrogens with zero attached hydrogens (tertiary/aromatic N) is 2. The molecule has 24 heavy (non-hydrogen) atoms. The molecule has 0 spiro atoms. The monoisotopic (exact) mass is 330 g/mol. The Labute approximate surface area is 139 Å². The lowest BCUT2D eigenvalue weighted by atomic mass is 10.2. The zero-order chi connectivity index (χ0) is 17.5. The lowest BCUT2D eigenvalue weighted by Crippen LogP contribution is -2.29. The van der Waals surface area contributed by atoms with Crippen molar-refractivity contribution in [1.82, 2.24) is 10.3 Å². The molecule has 126 valence electrons. The van der Waals surface area contributed by atoms with Gasteiger partial charge >= 0.3 is 6.03 Å². The maximum atomic E-state index is 12.1. The molecule has 2 amide bonds. The molecule has 2 aromatic rings. The predicted molar refractivity (Wildman–Crippen MR) is 89.1 cm³/mol. The lowest BCUT2D eigenvalue weighted by Gasteiger charge is -2.12. The summed E-state index contributed by atoms with van der Waals surface area (Å²) in [5.41, 5.74) is 1.82. The van der Waals surface area contributed by atoms with Crippen molar-refractivity contribution in [2.45, 2.75) is 20.4 Å². The minimum Gasteiger partial charge on any atom is -0.492 e. The maximum absolute atomic E-state index is 12.1. The molecule has 2 N–H and O–H groups in total. The van der Waals surface area contributed by atoms with Gasteiger partial charge in [-0.3, -0.25) is 15.1 Å². The van der Waals surface area contributed by atoms with Crippen LogP contribution in [-0.2, 0) is 6.54 Å². The molecule has 0 bridgehead atoms. The van der Waals surface area contributed by atoms with E-state index in [-0.39, 0.29) is 17.9 Å². The third-order valence-electron chi connectivity index (χ3n) is 3.26. The first-order valence-electron chi connectivity index (χ1n) is 7.38. The Bertz CT molecular complexity index is 749. The lowest BCUT2D eigenvalue weighted by molar-refractivity contribution is -0.384. The first kappa shape index (κ1) is 17.2. The van der Waals surface area contributed by atoms with Gasteiger partial charge in [-0.15, -0.1) is 0 Å². The average molecular weight is 330 g/mol. The minimum atomic E-state index is -0.532. The number of amides is 2. The number of nitrogens with one attached hydrogen (secondary N) is 2. The van der Waals surface area contributed by atoms with Crippen molar-refractivity contribution in [2.75, 3.05) is 11.9 Å². The second-order valence-corrected chi connectivity index (χ2v) is 4.95. The first-order chi connectivity index (χ1) is 11.5. The smallest absolute Gasteiger partial charge is 0.319 e. The second kappa shape index (κ2) is 7.91. The largest absolute Gasteiger partial charge is 0.492 e. The molecule has 8 nitrogen and oxygen atoms in total. The van der Waals surface area contributed by atoms with E-state index in [2.05, 4.69) is 15.6 Å². The standard InChI is InChI=1S/C16H18N4O4/c1-3-24-15-7-6-12(20(22)23)9-13(15)19-16(21)18-10-14-11(2)5-4-8-17-14/h4-9H,3,10H2,1-2H3,(H2,18,19,21). The summed E-state index contributed by atoms with van der Waals surface area (Å²) in [6.45, 7) is 4.31. The molecule has 1 aromatic heterocycles. The van der Waals surface area contributed by atoms with Crippen LogP contribution >= 0.6 is 0 Å². The van der Waals surface area contributed by atoms with Gasteiger partial charge in [-0.25, -0.2) is 4.79 Å². The Balaban J connectivity index is 2.08. The van der Waals surface area contributed by atoms with Gasteiger partial charge in [0.1, 0.15) is 5.75 Å². The fraction of sp³-hybridized carbons (Fsp3) is 0.250. The number of rotatable bonds is 6. The van der Waals surface area contributed by atoms with Crippen LogP contribution in [0.25, 0.3) is 0 Å². The zero-order valence-corrected chi connectivity index (χ0v) is 13.4. The number of carbonyl (C=O) groups is 1. The number of ether oxygens (including phenoxy) is 1. The number of non-ortho nitro benzene ring substituents is 1. The van der Waals surface area contributed by atoms with Crippen LogP contribution in [0, 0.1) is 17.0 Å². The SMILES string of the molecule is CCOc1ccc([N+](=O)[O-])cc1NC(=O)NCc1ncccc1C. The molecule has 0 aliphatic rings. The van der Waals surface area contributed by atoms with Crippen molar-refractivity contribution in [3.63, 3.8) is 0 Å². The number of aromatic nitrogens is 1. The van der Waals surface area contributed by atoms with Gasteiger partial charge in [0.2, 0.25) is 0 Å². The average Bonchev–Trinajstić information content (AvgIpc) is 2.55. The molecule has 0 saturated carbocycles. The molecule has 0 aliphatic heterocycles. The molecule has 1 aromatic carbocycles. The number of nitro benzene ring substituents is 1. The van der Waals surface area contributed by atoms with E-state index >= 15 is 0 Å².